The maximum atomic E-state index is 3.42. The van der Waals surface area contributed by atoms with Crippen molar-refractivity contribution in [1.29, 1.82) is 0 Å². The summed E-state index contributed by atoms with van der Waals surface area (Å²) in [6.07, 6.45) is 23.7. The third-order valence-electron chi connectivity index (χ3n) is 11.1. The van der Waals surface area contributed by atoms with Gasteiger partial charge in [-0.15, -0.1) is 0 Å². The summed E-state index contributed by atoms with van der Waals surface area (Å²) in [5.41, 5.74) is 12.7. The van der Waals surface area contributed by atoms with Gasteiger partial charge < -0.3 is 0 Å². The molecule has 0 fully saturated rings. The van der Waals surface area contributed by atoms with Crippen LogP contribution in [-0.2, 0) is 12.8 Å². The van der Waals surface area contributed by atoms with E-state index in [-0.39, 0.29) is 0 Å². The number of allylic oxidation sites excluding steroid dienone is 4. The quantitative estimate of drug-likeness (QED) is 0.108. The molecule has 0 heterocycles. The lowest BCUT2D eigenvalue weighted by atomic mass is 9.86. The second-order valence-electron chi connectivity index (χ2n) is 15.1. The van der Waals surface area contributed by atoms with Gasteiger partial charge in [-0.3, -0.25) is 0 Å². The summed E-state index contributed by atoms with van der Waals surface area (Å²) in [5, 5.41) is 0. The smallest absolute Gasteiger partial charge is 0.0249 e. The molecule has 0 N–H and O–H groups in total. The molecule has 2 atom stereocenters. The Bertz CT molecular complexity index is 1860. The average molecular weight is 699 g/mol. The molecule has 0 saturated heterocycles. The second kappa shape index (κ2) is 21.9. The summed E-state index contributed by atoms with van der Waals surface area (Å²) in [4.78, 5) is 0. The molecule has 6 rings (SSSR count). The van der Waals surface area contributed by atoms with Gasteiger partial charge in [0.05, 0.1) is 0 Å². The van der Waals surface area contributed by atoms with Crippen molar-refractivity contribution in [3.8, 4) is 45.9 Å². The number of rotatable bonds is 11. The fourth-order valence-corrected chi connectivity index (χ4v) is 7.38. The zero-order valence-corrected chi connectivity index (χ0v) is 33.2. The predicted molar refractivity (Wildman–Crippen MR) is 231 cm³/mol. The average Bonchev–Trinajstić information content (AvgIpc) is 3.22. The van der Waals surface area contributed by atoms with E-state index in [9.17, 15) is 0 Å². The molecule has 2 aliphatic carbocycles. The van der Waals surface area contributed by atoms with E-state index in [0.717, 1.165) is 48.6 Å². The van der Waals surface area contributed by atoms with E-state index in [0.29, 0.717) is 0 Å². The molecule has 0 heteroatoms. The van der Waals surface area contributed by atoms with Gasteiger partial charge in [0.1, 0.15) is 0 Å². The van der Waals surface area contributed by atoms with E-state index in [2.05, 4.69) is 161 Å². The number of benzene rings is 4. The van der Waals surface area contributed by atoms with Crippen LogP contribution in [0.3, 0.4) is 0 Å². The highest BCUT2D eigenvalue weighted by Gasteiger charge is 2.13. The molecule has 0 aliphatic heterocycles. The minimum absolute atomic E-state index is 0.869. The van der Waals surface area contributed by atoms with Crippen molar-refractivity contribution in [3.63, 3.8) is 0 Å². The van der Waals surface area contributed by atoms with Crippen molar-refractivity contribution in [2.24, 2.45) is 11.8 Å². The van der Waals surface area contributed by atoms with Gasteiger partial charge in [-0.1, -0.05) is 181 Å². The Labute approximate surface area is 323 Å². The topological polar surface area (TPSA) is 0 Å². The summed E-state index contributed by atoms with van der Waals surface area (Å²) in [6.45, 7) is 8.98. The molecular formula is C53H62. The van der Waals surface area contributed by atoms with E-state index in [1.807, 2.05) is 0 Å². The highest BCUT2D eigenvalue weighted by atomic mass is 14.2. The lowest BCUT2D eigenvalue weighted by molar-refractivity contribution is 0.417. The van der Waals surface area contributed by atoms with Crippen molar-refractivity contribution in [2.75, 3.05) is 0 Å². The van der Waals surface area contributed by atoms with E-state index in [4.69, 9.17) is 0 Å². The molecule has 0 spiro atoms. The molecule has 274 valence electrons. The first-order chi connectivity index (χ1) is 26.1. The third-order valence-corrected chi connectivity index (χ3v) is 11.1. The first kappa shape index (κ1) is 39.7. The third kappa shape index (κ3) is 13.1. The molecule has 0 bridgehead atoms. The number of hydrogen-bond donors (Lipinski definition) is 0. The summed E-state index contributed by atoms with van der Waals surface area (Å²) in [6, 6.07) is 35.1. The monoisotopic (exact) mass is 698 g/mol. The first-order valence-corrected chi connectivity index (χ1v) is 20.9. The molecule has 4 aromatic carbocycles. The van der Waals surface area contributed by atoms with Gasteiger partial charge in [0.15, 0.2) is 0 Å². The Balaban J connectivity index is 0.000000206. The van der Waals surface area contributed by atoms with Gasteiger partial charge in [-0.25, -0.2) is 0 Å². The van der Waals surface area contributed by atoms with Crippen LogP contribution < -0.4 is 0 Å². The molecule has 0 aromatic heterocycles. The Morgan fingerprint density at radius 3 is 1.36 bits per heavy atom. The normalized spacial score (nSPS) is 16.5. The van der Waals surface area contributed by atoms with Crippen LogP contribution in [0.1, 0.15) is 133 Å². The first-order valence-electron chi connectivity index (χ1n) is 20.9. The van der Waals surface area contributed by atoms with Crippen LogP contribution in [0.5, 0.6) is 0 Å². The Morgan fingerprint density at radius 2 is 0.943 bits per heavy atom. The van der Waals surface area contributed by atoms with Crippen LogP contribution in [-0.4, -0.2) is 0 Å². The molecule has 0 amide bonds. The highest BCUT2D eigenvalue weighted by Crippen LogP contribution is 2.28. The fraction of sp³-hybridized carbons (Fsp3) is 0.396. The molecule has 2 unspecified atom stereocenters. The van der Waals surface area contributed by atoms with E-state index in [1.165, 1.54) is 115 Å². The van der Waals surface area contributed by atoms with Crippen molar-refractivity contribution in [3.05, 3.63) is 143 Å². The zero-order valence-electron chi connectivity index (χ0n) is 33.2. The SMILES string of the molecule is CCCCCCC1CC=C(C#Cc2ccc(-c3ccc(CC)cc3)cc2)CC1.CCCc1ccc(-c2ccc(C#CC3=CCC(CC)CC3)cc2)cc1. The number of hydrogen-bond acceptors (Lipinski definition) is 0. The molecule has 53 heavy (non-hydrogen) atoms. The van der Waals surface area contributed by atoms with Crippen LogP contribution >= 0.6 is 0 Å². The summed E-state index contributed by atoms with van der Waals surface area (Å²) >= 11 is 0. The van der Waals surface area contributed by atoms with Crippen molar-refractivity contribution >= 4 is 0 Å². The van der Waals surface area contributed by atoms with Crippen molar-refractivity contribution in [2.45, 2.75) is 124 Å². The van der Waals surface area contributed by atoms with Crippen LogP contribution in [0.15, 0.2) is 120 Å². The van der Waals surface area contributed by atoms with Crippen LogP contribution in [0.4, 0.5) is 0 Å². The molecular weight excluding hydrogens is 637 g/mol. The number of unbranched alkanes of at least 4 members (excludes halogenated alkanes) is 3. The minimum Gasteiger partial charge on any atom is -0.0726 e. The van der Waals surface area contributed by atoms with Gasteiger partial charge in [-0.05, 0) is 132 Å². The fourth-order valence-electron chi connectivity index (χ4n) is 7.38. The van der Waals surface area contributed by atoms with Gasteiger partial charge in [0.25, 0.3) is 0 Å². The predicted octanol–water partition coefficient (Wildman–Crippen LogP) is 14.8. The van der Waals surface area contributed by atoms with Crippen LogP contribution in [0, 0.1) is 35.5 Å². The van der Waals surface area contributed by atoms with Gasteiger partial charge in [0, 0.05) is 11.1 Å². The van der Waals surface area contributed by atoms with E-state index < -0.39 is 0 Å². The molecule has 0 radical (unpaired) electrons. The Kier molecular flexibility index (Phi) is 16.4. The summed E-state index contributed by atoms with van der Waals surface area (Å²) in [5.74, 6) is 15.3. The summed E-state index contributed by atoms with van der Waals surface area (Å²) < 4.78 is 0. The summed E-state index contributed by atoms with van der Waals surface area (Å²) in [7, 11) is 0. The Morgan fingerprint density at radius 1 is 0.472 bits per heavy atom. The van der Waals surface area contributed by atoms with E-state index >= 15 is 0 Å². The van der Waals surface area contributed by atoms with Crippen LogP contribution in [0.25, 0.3) is 22.3 Å². The lowest BCUT2D eigenvalue weighted by Crippen LogP contribution is -2.05. The van der Waals surface area contributed by atoms with Gasteiger partial charge >= 0.3 is 0 Å². The van der Waals surface area contributed by atoms with E-state index in [1.54, 1.807) is 0 Å². The van der Waals surface area contributed by atoms with Crippen LogP contribution in [0.2, 0.25) is 0 Å². The molecule has 2 aliphatic rings. The number of aryl methyl sites for hydroxylation is 2. The molecule has 0 saturated carbocycles. The zero-order chi connectivity index (χ0) is 37.1. The van der Waals surface area contributed by atoms with Crippen molar-refractivity contribution in [1.82, 2.24) is 0 Å². The lowest BCUT2D eigenvalue weighted by Gasteiger charge is -2.19. The minimum atomic E-state index is 0.869. The second-order valence-corrected chi connectivity index (χ2v) is 15.1. The van der Waals surface area contributed by atoms with Gasteiger partial charge in [-0.2, -0.15) is 0 Å². The standard InChI is InChI=1S/C28H34.C25H28/c1-3-5-6-7-8-24-9-11-25(12-10-24)13-14-26-17-21-28(22-18-26)27-19-15-23(4-2)16-20-27;1-3-5-21-12-16-24(17-13-21)25-18-14-23(15-19-25)11-10-22-8-6-20(4-2)7-9-22/h11,15-22,24H,3-10,12H2,1-2H3;8,12-20H,3-7,9H2,1-2H3. The van der Waals surface area contributed by atoms with Crippen molar-refractivity contribution < 1.29 is 0 Å². The largest absolute Gasteiger partial charge is 0.0726 e. The molecule has 4 aromatic rings. The molecule has 0 nitrogen and oxygen atoms in total. The Hall–Kier alpha value is -4.52. The maximum Gasteiger partial charge on any atom is 0.0249 e. The maximum absolute atomic E-state index is 3.42. The van der Waals surface area contributed by atoms with Gasteiger partial charge in [0.2, 0.25) is 0 Å². The highest BCUT2D eigenvalue weighted by molar-refractivity contribution is 5.66.